The van der Waals surface area contributed by atoms with Gasteiger partial charge in [0.05, 0.1) is 19.2 Å². The molecule has 19 heavy (non-hydrogen) atoms. The normalized spacial score (nSPS) is 10.4. The molecule has 0 fully saturated rings. The zero-order valence-corrected chi connectivity index (χ0v) is 13.1. The summed E-state index contributed by atoms with van der Waals surface area (Å²) in [7, 11) is 1.63. The maximum Gasteiger partial charge on any atom is 0.176 e. The molecule has 0 aliphatic rings. The van der Waals surface area contributed by atoms with Gasteiger partial charge in [0.25, 0.3) is 0 Å². The lowest BCUT2D eigenvalue weighted by atomic mass is 10.1. The largest absolute Gasteiger partial charge is 0.383 e. The number of Topliss-reactive ketones (excluding diaryl/α,β-unsaturated/α-hetero) is 1. The first kappa shape index (κ1) is 16.1. The molecule has 102 valence electrons. The number of carbonyl (C=O) groups is 1. The van der Waals surface area contributed by atoms with Crippen molar-refractivity contribution in [2.45, 2.75) is 6.42 Å². The molecule has 4 nitrogen and oxygen atoms in total. The molecule has 0 saturated carbocycles. The minimum absolute atomic E-state index is 0.0745. The highest BCUT2D eigenvalue weighted by Crippen LogP contribution is 2.08. The lowest BCUT2D eigenvalue weighted by Crippen LogP contribution is -2.33. The molecule has 0 heterocycles. The van der Waals surface area contributed by atoms with Crippen LogP contribution in [0.25, 0.3) is 0 Å². The number of nitriles is 1. The molecule has 0 saturated heterocycles. The first-order valence-corrected chi connectivity index (χ1v) is 7.12. The lowest BCUT2D eigenvalue weighted by Gasteiger charge is -2.19. The van der Waals surface area contributed by atoms with Crippen molar-refractivity contribution < 1.29 is 9.53 Å². The van der Waals surface area contributed by atoms with Crippen LogP contribution < -0.4 is 0 Å². The van der Waals surface area contributed by atoms with E-state index in [0.29, 0.717) is 38.2 Å². The molecule has 0 N–H and O–H groups in total. The molecule has 0 radical (unpaired) electrons. The zero-order chi connectivity index (χ0) is 14.1. The molecule has 0 aliphatic carbocycles. The number of hydrogen-bond donors (Lipinski definition) is 0. The molecule has 5 heteroatoms. The molecule has 0 amide bonds. The molecule has 0 atom stereocenters. The topological polar surface area (TPSA) is 53.3 Å². The van der Waals surface area contributed by atoms with Crippen LogP contribution in [-0.2, 0) is 4.74 Å². The molecule has 0 aromatic heterocycles. The van der Waals surface area contributed by atoms with Gasteiger partial charge in [-0.05, 0) is 34.7 Å². The maximum atomic E-state index is 12.1. The number of carbonyl (C=O) groups excluding carboxylic acids is 1. The van der Waals surface area contributed by atoms with Gasteiger partial charge in [0.15, 0.2) is 5.78 Å². The fraction of sp³-hybridized carbons (Fsp3) is 0.429. The third kappa shape index (κ3) is 6.14. The zero-order valence-electron chi connectivity index (χ0n) is 10.9. The van der Waals surface area contributed by atoms with Crippen LogP contribution in [0.15, 0.2) is 24.3 Å². The van der Waals surface area contributed by atoms with Crippen LogP contribution in [0.1, 0.15) is 16.8 Å². The van der Waals surface area contributed by atoms with Gasteiger partial charge < -0.3 is 4.74 Å². The molecule has 0 spiro atoms. The summed E-state index contributed by atoms with van der Waals surface area (Å²) in [5, 5.41) is 8.63. The van der Waals surface area contributed by atoms with Crippen molar-refractivity contribution in [1.29, 1.82) is 5.26 Å². The Labute approximate surface area is 127 Å². The van der Waals surface area contributed by atoms with E-state index in [-0.39, 0.29) is 5.78 Å². The molecule has 1 aromatic rings. The standard InChI is InChI=1S/C14H17IN2O2/c1-19-10-9-17(8-2-7-16)11-14(18)12-3-5-13(15)6-4-12/h3-6H,2,8-11H2,1H3. The van der Waals surface area contributed by atoms with Gasteiger partial charge in [0.1, 0.15) is 0 Å². The number of halogens is 1. The summed E-state index contributed by atoms with van der Waals surface area (Å²) in [6.45, 7) is 2.14. The smallest absolute Gasteiger partial charge is 0.176 e. The van der Waals surface area contributed by atoms with Crippen molar-refractivity contribution >= 4 is 28.4 Å². The van der Waals surface area contributed by atoms with E-state index < -0.39 is 0 Å². The molecule has 0 aliphatic heterocycles. The van der Waals surface area contributed by atoms with Crippen molar-refractivity contribution in [3.05, 3.63) is 33.4 Å². The van der Waals surface area contributed by atoms with Gasteiger partial charge in [-0.25, -0.2) is 0 Å². The monoisotopic (exact) mass is 372 g/mol. The fourth-order valence-corrected chi connectivity index (χ4v) is 1.99. The van der Waals surface area contributed by atoms with E-state index in [1.165, 1.54) is 0 Å². The highest BCUT2D eigenvalue weighted by atomic mass is 127. The number of benzene rings is 1. The van der Waals surface area contributed by atoms with Crippen molar-refractivity contribution in [2.75, 3.05) is 33.4 Å². The van der Waals surface area contributed by atoms with Crippen LogP contribution in [0.2, 0.25) is 0 Å². The van der Waals surface area contributed by atoms with Crippen LogP contribution in [-0.4, -0.2) is 44.0 Å². The Hall–Kier alpha value is -0.970. The van der Waals surface area contributed by atoms with E-state index in [9.17, 15) is 4.79 Å². The average Bonchev–Trinajstić information content (AvgIpc) is 2.42. The molecule has 1 rings (SSSR count). The summed E-state index contributed by atoms with van der Waals surface area (Å²) in [5.74, 6) is 0.0745. The number of ether oxygens (including phenoxy) is 1. The third-order valence-corrected chi connectivity index (χ3v) is 3.40. The van der Waals surface area contributed by atoms with Gasteiger partial charge in [-0.2, -0.15) is 5.26 Å². The second kappa shape index (κ2) is 9.02. The van der Waals surface area contributed by atoms with Crippen LogP contribution in [0, 0.1) is 14.9 Å². The first-order valence-electron chi connectivity index (χ1n) is 6.04. The van der Waals surface area contributed by atoms with E-state index in [1.807, 2.05) is 29.2 Å². The van der Waals surface area contributed by atoms with Crippen molar-refractivity contribution in [1.82, 2.24) is 4.90 Å². The van der Waals surface area contributed by atoms with Crippen molar-refractivity contribution in [3.63, 3.8) is 0 Å². The van der Waals surface area contributed by atoms with Crippen LogP contribution in [0.4, 0.5) is 0 Å². The number of ketones is 1. The van der Waals surface area contributed by atoms with Gasteiger partial charge in [0.2, 0.25) is 0 Å². The van der Waals surface area contributed by atoms with Crippen LogP contribution in [0.3, 0.4) is 0 Å². The summed E-state index contributed by atoms with van der Waals surface area (Å²) in [4.78, 5) is 14.1. The van der Waals surface area contributed by atoms with Gasteiger partial charge in [-0.1, -0.05) is 12.1 Å². The Morgan fingerprint density at radius 3 is 2.63 bits per heavy atom. The summed E-state index contributed by atoms with van der Waals surface area (Å²) in [5.41, 5.74) is 0.708. The number of hydrogen-bond acceptors (Lipinski definition) is 4. The maximum absolute atomic E-state index is 12.1. The fourth-order valence-electron chi connectivity index (χ4n) is 1.63. The summed E-state index contributed by atoms with van der Waals surface area (Å²) >= 11 is 2.21. The summed E-state index contributed by atoms with van der Waals surface area (Å²) in [6.07, 6.45) is 0.420. The average molecular weight is 372 g/mol. The Balaban J connectivity index is 2.59. The molecule has 0 unspecified atom stereocenters. The Morgan fingerprint density at radius 1 is 1.37 bits per heavy atom. The van der Waals surface area contributed by atoms with E-state index in [0.717, 1.165) is 3.57 Å². The third-order valence-electron chi connectivity index (χ3n) is 2.68. The van der Waals surface area contributed by atoms with Gasteiger partial charge in [0, 0.05) is 35.8 Å². The van der Waals surface area contributed by atoms with Gasteiger partial charge in [-0.15, -0.1) is 0 Å². The van der Waals surface area contributed by atoms with Crippen molar-refractivity contribution in [3.8, 4) is 6.07 Å². The predicted molar refractivity (Wildman–Crippen MR) is 82.0 cm³/mol. The summed E-state index contributed by atoms with van der Waals surface area (Å²) in [6, 6.07) is 9.61. The Bertz CT molecular complexity index is 440. The van der Waals surface area contributed by atoms with E-state index in [2.05, 4.69) is 28.7 Å². The molecule has 0 bridgehead atoms. The minimum atomic E-state index is 0.0745. The second-order valence-electron chi connectivity index (χ2n) is 4.11. The van der Waals surface area contributed by atoms with Crippen LogP contribution in [0.5, 0.6) is 0 Å². The quantitative estimate of drug-likeness (QED) is 0.519. The SMILES string of the molecule is COCCN(CCC#N)CC(=O)c1ccc(I)cc1. The van der Waals surface area contributed by atoms with E-state index >= 15 is 0 Å². The van der Waals surface area contributed by atoms with Gasteiger partial charge >= 0.3 is 0 Å². The number of rotatable bonds is 8. The number of nitrogens with zero attached hydrogens (tertiary/aromatic N) is 2. The van der Waals surface area contributed by atoms with Crippen molar-refractivity contribution in [2.24, 2.45) is 0 Å². The van der Waals surface area contributed by atoms with E-state index in [1.54, 1.807) is 7.11 Å². The Kier molecular flexibility index (Phi) is 7.63. The summed E-state index contributed by atoms with van der Waals surface area (Å²) < 4.78 is 6.12. The highest BCUT2D eigenvalue weighted by Gasteiger charge is 2.12. The highest BCUT2D eigenvalue weighted by molar-refractivity contribution is 14.1. The van der Waals surface area contributed by atoms with Gasteiger partial charge in [-0.3, -0.25) is 9.69 Å². The first-order chi connectivity index (χ1) is 9.17. The molecular weight excluding hydrogens is 355 g/mol. The Morgan fingerprint density at radius 2 is 2.05 bits per heavy atom. The number of methoxy groups -OCH3 is 1. The minimum Gasteiger partial charge on any atom is -0.383 e. The predicted octanol–water partition coefficient (Wildman–Crippen LogP) is 2.34. The second-order valence-corrected chi connectivity index (χ2v) is 5.35. The molecule has 1 aromatic carbocycles. The van der Waals surface area contributed by atoms with E-state index in [4.69, 9.17) is 10.00 Å². The lowest BCUT2D eigenvalue weighted by molar-refractivity contribution is 0.0898. The van der Waals surface area contributed by atoms with Crippen LogP contribution >= 0.6 is 22.6 Å². The molecular formula is C14H17IN2O2.